The van der Waals surface area contributed by atoms with Gasteiger partial charge >= 0.3 is 0 Å². The maximum atomic E-state index is 12.6. The molecule has 0 spiro atoms. The summed E-state index contributed by atoms with van der Waals surface area (Å²) in [5.74, 6) is 5.78. The van der Waals surface area contributed by atoms with Gasteiger partial charge < -0.3 is 5.32 Å². The Hall–Kier alpha value is -2.92. The van der Waals surface area contributed by atoms with Gasteiger partial charge in [-0.1, -0.05) is 30.0 Å². The average Bonchev–Trinajstić information content (AvgIpc) is 3.36. The molecular weight excluding hydrogens is 404 g/mol. The molecule has 146 valence electrons. The van der Waals surface area contributed by atoms with E-state index in [-0.39, 0.29) is 22.4 Å². The summed E-state index contributed by atoms with van der Waals surface area (Å²) in [7, 11) is -3.61. The third-order valence-electron chi connectivity index (χ3n) is 4.28. The number of anilines is 1. The molecule has 3 aromatic rings. The van der Waals surface area contributed by atoms with Crippen LogP contribution in [0.3, 0.4) is 0 Å². The number of hydrogen-bond donors (Lipinski definition) is 2. The van der Waals surface area contributed by atoms with Gasteiger partial charge in [0.05, 0.1) is 9.77 Å². The van der Waals surface area contributed by atoms with Crippen molar-refractivity contribution in [3.63, 3.8) is 0 Å². The summed E-state index contributed by atoms with van der Waals surface area (Å²) in [6, 6.07) is 17.2. The van der Waals surface area contributed by atoms with Gasteiger partial charge in [-0.05, 0) is 60.7 Å². The van der Waals surface area contributed by atoms with Crippen LogP contribution >= 0.6 is 11.3 Å². The molecule has 0 atom stereocenters. The fourth-order valence-electron chi connectivity index (χ4n) is 2.65. The van der Waals surface area contributed by atoms with Crippen molar-refractivity contribution in [3.8, 4) is 11.8 Å². The standard InChI is InChI=1S/C22H18N2O3S2/c25-22(17-5-2-8-21(15-17)29(26,27)24-18-10-11-18)23-19-6-1-4-16(14-19)9-12-20-7-3-13-28-20/h1-8,13-15,18,24H,10-11H2,(H,23,25). The molecule has 0 saturated heterocycles. The molecule has 0 aliphatic heterocycles. The molecule has 4 rings (SSSR count). The molecule has 5 nitrogen and oxygen atoms in total. The first kappa shape index (κ1) is 19.4. The van der Waals surface area contributed by atoms with Gasteiger partial charge in [0.1, 0.15) is 0 Å². The predicted octanol–water partition coefficient (Wildman–Crippen LogP) is 3.84. The Bertz CT molecular complexity index is 1200. The minimum absolute atomic E-state index is 0.00973. The Balaban J connectivity index is 1.49. The fraction of sp³-hybridized carbons (Fsp3) is 0.136. The van der Waals surface area contributed by atoms with Crippen molar-refractivity contribution < 1.29 is 13.2 Å². The van der Waals surface area contributed by atoms with Crippen molar-refractivity contribution in [2.45, 2.75) is 23.8 Å². The highest BCUT2D eigenvalue weighted by molar-refractivity contribution is 7.89. The highest BCUT2D eigenvalue weighted by Gasteiger charge is 2.28. The Kier molecular flexibility index (Phi) is 5.49. The second kappa shape index (κ2) is 8.21. The van der Waals surface area contributed by atoms with Crippen LogP contribution in [0.1, 0.15) is 33.6 Å². The van der Waals surface area contributed by atoms with Gasteiger partial charge in [0.2, 0.25) is 10.0 Å². The van der Waals surface area contributed by atoms with Gasteiger partial charge in [-0.2, -0.15) is 0 Å². The topological polar surface area (TPSA) is 75.3 Å². The third kappa shape index (κ3) is 5.12. The second-order valence-electron chi connectivity index (χ2n) is 6.69. The molecule has 29 heavy (non-hydrogen) atoms. The first-order valence-electron chi connectivity index (χ1n) is 9.09. The summed E-state index contributed by atoms with van der Waals surface area (Å²) in [5.41, 5.74) is 1.65. The Morgan fingerprint density at radius 3 is 2.59 bits per heavy atom. The lowest BCUT2D eigenvalue weighted by molar-refractivity contribution is 0.102. The molecule has 0 unspecified atom stereocenters. The summed E-state index contributed by atoms with van der Waals surface area (Å²) in [5, 5.41) is 4.77. The monoisotopic (exact) mass is 422 g/mol. The summed E-state index contributed by atoms with van der Waals surface area (Å²) >= 11 is 1.57. The molecule has 0 radical (unpaired) electrons. The minimum atomic E-state index is -3.61. The van der Waals surface area contributed by atoms with Gasteiger partial charge in [0.15, 0.2) is 0 Å². The fourth-order valence-corrected chi connectivity index (χ4v) is 4.58. The van der Waals surface area contributed by atoms with Crippen molar-refractivity contribution in [1.29, 1.82) is 0 Å². The van der Waals surface area contributed by atoms with Crippen molar-refractivity contribution in [1.82, 2.24) is 4.72 Å². The molecule has 1 saturated carbocycles. The number of carbonyl (C=O) groups is 1. The lowest BCUT2D eigenvalue weighted by Gasteiger charge is -2.09. The first-order chi connectivity index (χ1) is 14.0. The third-order valence-corrected chi connectivity index (χ3v) is 6.58. The molecule has 7 heteroatoms. The number of carbonyl (C=O) groups excluding carboxylic acids is 1. The lowest BCUT2D eigenvalue weighted by atomic mass is 10.1. The second-order valence-corrected chi connectivity index (χ2v) is 9.35. The Morgan fingerprint density at radius 1 is 1.00 bits per heavy atom. The molecule has 1 amide bonds. The van der Waals surface area contributed by atoms with Crippen LogP contribution in [0.25, 0.3) is 0 Å². The van der Waals surface area contributed by atoms with Crippen molar-refractivity contribution in [2.75, 3.05) is 5.32 Å². The normalized spacial score (nSPS) is 13.4. The van der Waals surface area contributed by atoms with Crippen LogP contribution < -0.4 is 10.0 Å². The molecule has 1 aliphatic carbocycles. The van der Waals surface area contributed by atoms with Crippen molar-refractivity contribution in [3.05, 3.63) is 82.0 Å². The number of rotatable bonds is 5. The zero-order chi connectivity index (χ0) is 20.3. The van der Waals surface area contributed by atoms with E-state index in [0.29, 0.717) is 5.69 Å². The molecule has 2 aromatic carbocycles. The van der Waals surface area contributed by atoms with Gasteiger partial charge in [0.25, 0.3) is 5.91 Å². The van der Waals surface area contributed by atoms with Crippen LogP contribution in [-0.4, -0.2) is 20.4 Å². The number of hydrogen-bond acceptors (Lipinski definition) is 4. The zero-order valence-corrected chi connectivity index (χ0v) is 17.0. The number of sulfonamides is 1. The smallest absolute Gasteiger partial charge is 0.255 e. The predicted molar refractivity (Wildman–Crippen MR) is 114 cm³/mol. The minimum Gasteiger partial charge on any atom is -0.322 e. The zero-order valence-electron chi connectivity index (χ0n) is 15.4. The van der Waals surface area contributed by atoms with E-state index in [2.05, 4.69) is 21.9 Å². The summed E-state index contributed by atoms with van der Waals surface area (Å²) in [4.78, 5) is 13.7. The van der Waals surface area contributed by atoms with Gasteiger partial charge in [0, 0.05) is 22.9 Å². The van der Waals surface area contributed by atoms with E-state index in [0.717, 1.165) is 23.3 Å². The van der Waals surface area contributed by atoms with Crippen LogP contribution in [0.5, 0.6) is 0 Å². The molecule has 0 bridgehead atoms. The van der Waals surface area contributed by atoms with E-state index in [1.54, 1.807) is 35.6 Å². The SMILES string of the molecule is O=C(Nc1cccc(C#Cc2cccs2)c1)c1cccc(S(=O)(=O)NC2CC2)c1. The molecule has 1 aromatic heterocycles. The average molecular weight is 423 g/mol. The van der Waals surface area contributed by atoms with Gasteiger partial charge in [-0.25, -0.2) is 13.1 Å². The summed E-state index contributed by atoms with van der Waals surface area (Å²) in [6.45, 7) is 0. The van der Waals surface area contributed by atoms with E-state index in [4.69, 9.17) is 0 Å². The summed E-state index contributed by atoms with van der Waals surface area (Å²) < 4.78 is 27.4. The molecule has 1 aliphatic rings. The van der Waals surface area contributed by atoms with Crippen molar-refractivity contribution in [2.24, 2.45) is 0 Å². The quantitative estimate of drug-likeness (QED) is 0.614. The summed E-state index contributed by atoms with van der Waals surface area (Å²) in [6.07, 6.45) is 1.70. The van der Waals surface area contributed by atoms with E-state index < -0.39 is 10.0 Å². The van der Waals surface area contributed by atoms with Crippen LogP contribution in [0.15, 0.2) is 70.9 Å². The van der Waals surface area contributed by atoms with Crippen molar-refractivity contribution >= 4 is 33.0 Å². The maximum Gasteiger partial charge on any atom is 0.255 e. The Labute approximate surface area is 173 Å². The lowest BCUT2D eigenvalue weighted by Crippen LogP contribution is -2.26. The van der Waals surface area contributed by atoms with Crippen LogP contribution in [-0.2, 0) is 10.0 Å². The number of benzene rings is 2. The van der Waals surface area contributed by atoms with Crippen LogP contribution in [0, 0.1) is 11.8 Å². The van der Waals surface area contributed by atoms with Gasteiger partial charge in [-0.3, -0.25) is 4.79 Å². The van der Waals surface area contributed by atoms with Gasteiger partial charge in [-0.15, -0.1) is 11.3 Å². The Morgan fingerprint density at radius 2 is 1.83 bits per heavy atom. The van der Waals surface area contributed by atoms with Crippen LogP contribution in [0.4, 0.5) is 5.69 Å². The van der Waals surface area contributed by atoms with E-state index in [9.17, 15) is 13.2 Å². The number of amides is 1. The number of thiophene rings is 1. The largest absolute Gasteiger partial charge is 0.322 e. The van der Waals surface area contributed by atoms with Crippen LogP contribution in [0.2, 0.25) is 0 Å². The maximum absolute atomic E-state index is 12.6. The highest BCUT2D eigenvalue weighted by atomic mass is 32.2. The van der Waals surface area contributed by atoms with E-state index in [1.807, 2.05) is 29.6 Å². The number of nitrogens with one attached hydrogen (secondary N) is 2. The first-order valence-corrected chi connectivity index (χ1v) is 11.5. The van der Waals surface area contributed by atoms with E-state index >= 15 is 0 Å². The molecule has 1 fully saturated rings. The molecular formula is C22H18N2O3S2. The van der Waals surface area contributed by atoms with E-state index in [1.165, 1.54) is 12.1 Å². The molecule has 2 N–H and O–H groups in total. The molecule has 1 heterocycles. The highest BCUT2D eigenvalue weighted by Crippen LogP contribution is 2.22.